The number of hydrogen-bond acceptors (Lipinski definition) is 6. The average Bonchev–Trinajstić information content (AvgIpc) is 3.50. The van der Waals surface area contributed by atoms with Crippen LogP contribution in [0.5, 0.6) is 0 Å². The molecule has 1 fully saturated rings. The van der Waals surface area contributed by atoms with E-state index in [4.69, 9.17) is 11.6 Å². The van der Waals surface area contributed by atoms with Crippen LogP contribution in [0.1, 0.15) is 53.2 Å². The largest absolute Gasteiger partial charge is 0.394 e. The van der Waals surface area contributed by atoms with Gasteiger partial charge in [0.1, 0.15) is 11.4 Å². The Labute approximate surface area is 209 Å². The minimum absolute atomic E-state index is 0.0129. The van der Waals surface area contributed by atoms with Gasteiger partial charge in [-0.05, 0) is 56.5 Å². The summed E-state index contributed by atoms with van der Waals surface area (Å²) in [4.78, 5) is 27.5. The molecule has 190 valence electrons. The molecule has 4 rings (SSSR count). The smallest absolute Gasteiger partial charge is 0.270 e. The van der Waals surface area contributed by atoms with Crippen molar-refractivity contribution in [2.45, 2.75) is 55.4 Å². The second-order valence-electron chi connectivity index (χ2n) is 9.78. The Bertz CT molecular complexity index is 1230. The summed E-state index contributed by atoms with van der Waals surface area (Å²) < 4.78 is 25.7. The Hall–Kier alpha value is -2.40. The van der Waals surface area contributed by atoms with Gasteiger partial charge in [0, 0.05) is 31.2 Å². The molecule has 0 radical (unpaired) electrons. The zero-order valence-corrected chi connectivity index (χ0v) is 21.3. The number of nitrogens with one attached hydrogen (secondary N) is 1. The number of benzene rings is 1. The van der Waals surface area contributed by atoms with Crippen LogP contribution in [0.2, 0.25) is 5.02 Å². The van der Waals surface area contributed by atoms with Crippen molar-refractivity contribution in [2.24, 2.45) is 0 Å². The van der Waals surface area contributed by atoms with Crippen molar-refractivity contribution in [1.29, 1.82) is 0 Å². The van der Waals surface area contributed by atoms with E-state index in [1.54, 1.807) is 28.8 Å². The molecule has 0 bridgehead atoms. The molecule has 0 saturated heterocycles. The number of carbonyl (C=O) groups is 2. The molecule has 35 heavy (non-hydrogen) atoms. The standard InChI is InChI=1S/C24H30ClN3O6S/c1-23(2,20(30)14-29)35(33,34)24(9-10-24)15-27-11-12-28-18(7-8-19(28)22(27)32)21(31)26-13-16-3-5-17(25)6-4-16/h3-8,20,29-30H,9-15H2,1-2H3,(H,26,31)/t20-/m0/s1. The second-order valence-corrected chi connectivity index (χ2v) is 13.1. The lowest BCUT2D eigenvalue weighted by Crippen LogP contribution is -2.55. The van der Waals surface area contributed by atoms with Crippen LogP contribution in [0.25, 0.3) is 0 Å². The predicted octanol–water partition coefficient (Wildman–Crippen LogP) is 1.61. The number of sulfone groups is 1. The van der Waals surface area contributed by atoms with Crippen LogP contribution in [-0.2, 0) is 22.9 Å². The summed E-state index contributed by atoms with van der Waals surface area (Å²) in [5, 5.41) is 22.9. The van der Waals surface area contributed by atoms with Crippen LogP contribution in [0.4, 0.5) is 0 Å². The molecule has 2 heterocycles. The Morgan fingerprint density at radius 2 is 1.83 bits per heavy atom. The number of halogens is 1. The summed E-state index contributed by atoms with van der Waals surface area (Å²) in [6.07, 6.45) is -0.645. The first-order valence-corrected chi connectivity index (χ1v) is 13.3. The first kappa shape index (κ1) is 25.7. The van der Waals surface area contributed by atoms with Crippen molar-refractivity contribution >= 4 is 33.3 Å². The minimum atomic E-state index is -3.87. The van der Waals surface area contributed by atoms with Gasteiger partial charge in [-0.1, -0.05) is 23.7 Å². The van der Waals surface area contributed by atoms with Crippen LogP contribution in [0, 0.1) is 0 Å². The van der Waals surface area contributed by atoms with Gasteiger partial charge >= 0.3 is 0 Å². The summed E-state index contributed by atoms with van der Waals surface area (Å²) in [7, 11) is -3.87. The summed E-state index contributed by atoms with van der Waals surface area (Å²) in [6.45, 7) is 3.09. The lowest BCUT2D eigenvalue weighted by molar-refractivity contribution is 0.0665. The Morgan fingerprint density at radius 3 is 2.43 bits per heavy atom. The van der Waals surface area contributed by atoms with Gasteiger partial charge in [-0.3, -0.25) is 9.59 Å². The third kappa shape index (κ3) is 4.48. The van der Waals surface area contributed by atoms with Crippen molar-refractivity contribution in [2.75, 3.05) is 19.7 Å². The van der Waals surface area contributed by atoms with Gasteiger partial charge in [0.2, 0.25) is 0 Å². The summed E-state index contributed by atoms with van der Waals surface area (Å²) in [5.74, 6) is -0.650. The zero-order chi connectivity index (χ0) is 25.6. The highest BCUT2D eigenvalue weighted by Gasteiger charge is 2.62. The van der Waals surface area contributed by atoms with Gasteiger partial charge in [0.25, 0.3) is 11.8 Å². The molecular formula is C24H30ClN3O6S. The molecule has 1 aliphatic carbocycles. The van der Waals surface area contributed by atoms with E-state index in [9.17, 15) is 28.2 Å². The number of rotatable bonds is 9. The molecule has 1 atom stereocenters. The number of nitrogens with zero attached hydrogens (tertiary/aromatic N) is 2. The first-order valence-electron chi connectivity index (χ1n) is 11.5. The van der Waals surface area contributed by atoms with Crippen molar-refractivity contribution in [3.63, 3.8) is 0 Å². The Balaban J connectivity index is 1.47. The van der Waals surface area contributed by atoms with Gasteiger partial charge in [0.05, 0.1) is 22.2 Å². The number of amides is 2. The van der Waals surface area contributed by atoms with Crippen molar-refractivity contribution in [1.82, 2.24) is 14.8 Å². The fraction of sp³-hybridized carbons (Fsp3) is 0.500. The zero-order valence-electron chi connectivity index (χ0n) is 19.7. The van der Waals surface area contributed by atoms with Crippen LogP contribution in [0.15, 0.2) is 36.4 Å². The van der Waals surface area contributed by atoms with E-state index in [2.05, 4.69) is 5.32 Å². The van der Waals surface area contributed by atoms with E-state index in [0.29, 0.717) is 42.3 Å². The monoisotopic (exact) mass is 523 g/mol. The molecule has 0 unspecified atom stereocenters. The number of fused-ring (bicyclic) bond motifs is 1. The SMILES string of the molecule is CC(C)([C@@H](O)CO)S(=O)(=O)C1(CN2CCn3c(C(=O)NCc4ccc(Cl)cc4)ccc3C2=O)CC1. The Morgan fingerprint density at radius 1 is 1.17 bits per heavy atom. The van der Waals surface area contributed by atoms with E-state index in [-0.39, 0.29) is 24.9 Å². The van der Waals surface area contributed by atoms with Crippen LogP contribution in [-0.4, -0.2) is 75.2 Å². The van der Waals surface area contributed by atoms with Gasteiger partial charge < -0.3 is 25.0 Å². The maximum atomic E-state index is 13.4. The highest BCUT2D eigenvalue weighted by atomic mass is 35.5. The number of aromatic nitrogens is 1. The topological polar surface area (TPSA) is 129 Å². The van der Waals surface area contributed by atoms with E-state index >= 15 is 0 Å². The number of hydrogen-bond donors (Lipinski definition) is 3. The Kier molecular flexibility index (Phi) is 6.78. The highest BCUT2D eigenvalue weighted by Crippen LogP contribution is 2.49. The maximum Gasteiger partial charge on any atom is 0.270 e. The average molecular weight is 524 g/mol. The molecular weight excluding hydrogens is 494 g/mol. The summed E-state index contributed by atoms with van der Waals surface area (Å²) >= 11 is 5.89. The van der Waals surface area contributed by atoms with E-state index in [1.807, 2.05) is 12.1 Å². The van der Waals surface area contributed by atoms with Crippen molar-refractivity contribution < 1.29 is 28.2 Å². The van der Waals surface area contributed by atoms with Gasteiger partial charge in [-0.15, -0.1) is 0 Å². The molecule has 11 heteroatoms. The van der Waals surface area contributed by atoms with Gasteiger partial charge in [-0.2, -0.15) is 0 Å². The third-order valence-electron chi connectivity index (χ3n) is 7.20. The molecule has 1 aliphatic heterocycles. The lowest BCUT2D eigenvalue weighted by atomic mass is 10.1. The highest BCUT2D eigenvalue weighted by molar-refractivity contribution is 7.94. The second kappa shape index (κ2) is 9.24. The van der Waals surface area contributed by atoms with E-state index in [1.165, 1.54) is 18.7 Å². The first-order chi connectivity index (χ1) is 16.4. The molecule has 2 amide bonds. The molecule has 2 aromatic rings. The van der Waals surface area contributed by atoms with Crippen LogP contribution < -0.4 is 5.32 Å². The summed E-state index contributed by atoms with van der Waals surface area (Å²) in [5.41, 5.74) is 1.58. The molecule has 1 aromatic heterocycles. The quantitative estimate of drug-likeness (QED) is 0.458. The molecule has 1 aromatic carbocycles. The molecule has 0 spiro atoms. The van der Waals surface area contributed by atoms with Crippen LogP contribution >= 0.6 is 11.6 Å². The van der Waals surface area contributed by atoms with E-state index in [0.717, 1.165) is 5.56 Å². The normalized spacial score (nSPS) is 18.2. The molecule has 1 saturated carbocycles. The summed E-state index contributed by atoms with van der Waals surface area (Å²) in [6, 6.07) is 10.3. The number of aliphatic hydroxyl groups excluding tert-OH is 2. The molecule has 2 aliphatic rings. The van der Waals surface area contributed by atoms with Gasteiger partial charge in [0.15, 0.2) is 9.84 Å². The van der Waals surface area contributed by atoms with Crippen LogP contribution in [0.3, 0.4) is 0 Å². The van der Waals surface area contributed by atoms with Crippen molar-refractivity contribution in [3.8, 4) is 0 Å². The fourth-order valence-corrected chi connectivity index (χ4v) is 7.20. The van der Waals surface area contributed by atoms with E-state index < -0.39 is 32.0 Å². The predicted molar refractivity (Wildman–Crippen MR) is 131 cm³/mol. The lowest BCUT2D eigenvalue weighted by Gasteiger charge is -2.37. The number of aliphatic hydroxyl groups is 2. The van der Waals surface area contributed by atoms with Crippen molar-refractivity contribution in [3.05, 3.63) is 58.4 Å². The molecule has 9 nitrogen and oxygen atoms in total. The number of carbonyl (C=O) groups excluding carboxylic acids is 2. The maximum absolute atomic E-state index is 13.4. The van der Waals surface area contributed by atoms with Gasteiger partial charge in [-0.25, -0.2) is 8.42 Å². The third-order valence-corrected chi connectivity index (χ3v) is 10.8. The fourth-order valence-electron chi connectivity index (χ4n) is 4.56. The molecule has 3 N–H and O–H groups in total. The minimum Gasteiger partial charge on any atom is -0.394 e.